The van der Waals surface area contributed by atoms with Crippen LogP contribution in [0.1, 0.15) is 33.1 Å². The van der Waals surface area contributed by atoms with E-state index in [1.807, 2.05) is 0 Å². The van der Waals surface area contributed by atoms with Gasteiger partial charge in [-0.15, -0.1) is 0 Å². The lowest BCUT2D eigenvalue weighted by Crippen LogP contribution is -2.05. The summed E-state index contributed by atoms with van der Waals surface area (Å²) in [6.07, 6.45) is 4.95. The van der Waals surface area contributed by atoms with Crippen LogP contribution in [0.5, 0.6) is 0 Å². The number of aliphatic hydroxyl groups excluding tert-OH is 1. The largest absolute Gasteiger partial charge is 0.463 e. The van der Waals surface area contributed by atoms with Crippen LogP contribution < -0.4 is 0 Å². The van der Waals surface area contributed by atoms with Gasteiger partial charge in [0.05, 0.1) is 12.7 Å². The van der Waals surface area contributed by atoms with E-state index >= 15 is 0 Å². The fourth-order valence-corrected chi connectivity index (χ4v) is 0.890. The minimum absolute atomic E-state index is 0.369. The molecule has 0 aliphatic rings. The zero-order valence-electron chi connectivity index (χ0n) is 8.32. The highest BCUT2D eigenvalue weighted by molar-refractivity contribution is 5.81. The van der Waals surface area contributed by atoms with Gasteiger partial charge in [0.2, 0.25) is 0 Å². The fourth-order valence-electron chi connectivity index (χ4n) is 0.890. The maximum Gasteiger partial charge on any atom is 0.330 e. The van der Waals surface area contributed by atoms with Crippen molar-refractivity contribution in [3.8, 4) is 0 Å². The van der Waals surface area contributed by atoms with Crippen molar-refractivity contribution in [3.63, 3.8) is 0 Å². The molecule has 1 atom stereocenters. The van der Waals surface area contributed by atoms with E-state index in [4.69, 9.17) is 0 Å². The van der Waals surface area contributed by atoms with Gasteiger partial charge in [-0.1, -0.05) is 19.8 Å². The Labute approximate surface area is 79.4 Å². The normalized spacial score (nSPS) is 13.2. The van der Waals surface area contributed by atoms with Gasteiger partial charge < -0.3 is 9.84 Å². The first kappa shape index (κ1) is 12.2. The van der Waals surface area contributed by atoms with Crippen LogP contribution in [0.15, 0.2) is 12.2 Å². The summed E-state index contributed by atoms with van der Waals surface area (Å²) in [5, 5.41) is 9.30. The Morgan fingerprint density at radius 3 is 2.77 bits per heavy atom. The topological polar surface area (TPSA) is 46.5 Å². The van der Waals surface area contributed by atoms with Crippen LogP contribution in [0, 0.1) is 0 Å². The maximum atomic E-state index is 10.8. The number of ether oxygens (including phenoxy) is 1. The molecule has 0 aliphatic heterocycles. The van der Waals surface area contributed by atoms with Crippen molar-refractivity contribution in [1.29, 1.82) is 0 Å². The molecule has 76 valence electrons. The number of hydrogen-bond donors (Lipinski definition) is 1. The molecule has 0 unspecified atom stereocenters. The number of hydrogen-bond acceptors (Lipinski definition) is 3. The zero-order chi connectivity index (χ0) is 10.1. The molecule has 0 radical (unpaired) electrons. The molecular formula is C10H18O3. The first-order valence-electron chi connectivity index (χ1n) is 4.73. The summed E-state index contributed by atoms with van der Waals surface area (Å²) >= 11 is 0. The summed E-state index contributed by atoms with van der Waals surface area (Å²) in [6, 6.07) is 0. The highest BCUT2D eigenvalue weighted by Crippen LogP contribution is 2.01. The number of esters is 1. The quantitative estimate of drug-likeness (QED) is 0.507. The minimum atomic E-state index is -0.524. The smallest absolute Gasteiger partial charge is 0.330 e. The maximum absolute atomic E-state index is 10.8. The second kappa shape index (κ2) is 7.80. The van der Waals surface area contributed by atoms with Gasteiger partial charge in [-0.05, 0) is 19.4 Å². The molecule has 1 N–H and O–H groups in total. The van der Waals surface area contributed by atoms with Crippen molar-refractivity contribution in [2.75, 3.05) is 6.61 Å². The highest BCUT2D eigenvalue weighted by atomic mass is 16.5. The minimum Gasteiger partial charge on any atom is -0.463 e. The van der Waals surface area contributed by atoms with E-state index in [9.17, 15) is 9.90 Å². The standard InChI is InChI=1S/C10H18O3/c1-3-5-6-9(11)7-8-10(12)13-4-2/h7-9,11H,3-6H2,1-2H3/b8-7+/t9-/m0/s1. The van der Waals surface area contributed by atoms with Gasteiger partial charge >= 0.3 is 5.97 Å². The van der Waals surface area contributed by atoms with Crippen LogP contribution in [0.25, 0.3) is 0 Å². The van der Waals surface area contributed by atoms with Crippen LogP contribution in [-0.2, 0) is 9.53 Å². The lowest BCUT2D eigenvalue weighted by molar-refractivity contribution is -0.137. The first-order valence-corrected chi connectivity index (χ1v) is 4.73. The average Bonchev–Trinajstić information content (AvgIpc) is 2.12. The predicted molar refractivity (Wildman–Crippen MR) is 51.3 cm³/mol. The van der Waals surface area contributed by atoms with E-state index in [0.717, 1.165) is 12.8 Å². The predicted octanol–water partition coefficient (Wildman–Crippen LogP) is 1.66. The number of unbranched alkanes of at least 4 members (excludes halogenated alkanes) is 1. The molecule has 0 heterocycles. The van der Waals surface area contributed by atoms with Crippen LogP contribution in [0.3, 0.4) is 0 Å². The third kappa shape index (κ3) is 7.53. The van der Waals surface area contributed by atoms with Crippen molar-refractivity contribution in [2.45, 2.75) is 39.2 Å². The molecule has 0 spiro atoms. The Hall–Kier alpha value is -0.830. The van der Waals surface area contributed by atoms with Gasteiger partial charge in [0.1, 0.15) is 0 Å². The molecule has 0 saturated heterocycles. The molecule has 0 aromatic heterocycles. The van der Waals surface area contributed by atoms with E-state index < -0.39 is 12.1 Å². The number of carbonyl (C=O) groups excluding carboxylic acids is 1. The number of rotatable bonds is 6. The Kier molecular flexibility index (Phi) is 7.30. The molecule has 0 aromatic rings. The summed E-state index contributed by atoms with van der Waals surface area (Å²) in [7, 11) is 0. The molecule has 0 aromatic carbocycles. The van der Waals surface area contributed by atoms with Crippen molar-refractivity contribution in [1.82, 2.24) is 0 Å². The van der Waals surface area contributed by atoms with Gasteiger partial charge in [0, 0.05) is 6.08 Å². The van der Waals surface area contributed by atoms with Crippen molar-refractivity contribution in [3.05, 3.63) is 12.2 Å². The molecule has 0 amide bonds. The molecule has 0 aliphatic carbocycles. The van der Waals surface area contributed by atoms with E-state index in [-0.39, 0.29) is 0 Å². The molecule has 3 heteroatoms. The van der Waals surface area contributed by atoms with Gasteiger partial charge in [-0.2, -0.15) is 0 Å². The molecule has 0 saturated carbocycles. The average molecular weight is 186 g/mol. The molecule has 0 bridgehead atoms. The molecule has 0 rings (SSSR count). The summed E-state index contributed by atoms with van der Waals surface area (Å²) < 4.78 is 4.66. The van der Waals surface area contributed by atoms with E-state index in [2.05, 4.69) is 11.7 Å². The van der Waals surface area contributed by atoms with E-state index in [1.54, 1.807) is 6.92 Å². The lowest BCUT2D eigenvalue weighted by atomic mass is 10.1. The van der Waals surface area contributed by atoms with E-state index in [1.165, 1.54) is 12.2 Å². The summed E-state index contributed by atoms with van der Waals surface area (Å²) in [5.41, 5.74) is 0. The third-order valence-electron chi connectivity index (χ3n) is 1.59. The SMILES string of the molecule is CCCC[C@H](O)/C=C/C(=O)OCC. The Balaban J connectivity index is 3.62. The Morgan fingerprint density at radius 1 is 1.54 bits per heavy atom. The summed E-state index contributed by atoms with van der Waals surface area (Å²) in [5.74, 6) is -0.391. The van der Waals surface area contributed by atoms with Crippen molar-refractivity contribution < 1.29 is 14.6 Å². The van der Waals surface area contributed by atoms with Gasteiger partial charge in [0.25, 0.3) is 0 Å². The Morgan fingerprint density at radius 2 is 2.23 bits per heavy atom. The van der Waals surface area contributed by atoms with Gasteiger partial charge in [-0.3, -0.25) is 0 Å². The van der Waals surface area contributed by atoms with Crippen LogP contribution >= 0.6 is 0 Å². The van der Waals surface area contributed by atoms with Gasteiger partial charge in [-0.25, -0.2) is 4.79 Å². The number of aliphatic hydroxyl groups is 1. The molecule has 0 fully saturated rings. The summed E-state index contributed by atoms with van der Waals surface area (Å²) in [4.78, 5) is 10.8. The van der Waals surface area contributed by atoms with E-state index in [0.29, 0.717) is 13.0 Å². The van der Waals surface area contributed by atoms with Crippen LogP contribution in [-0.4, -0.2) is 23.8 Å². The molecular weight excluding hydrogens is 168 g/mol. The second-order valence-corrected chi connectivity index (χ2v) is 2.82. The molecule has 3 nitrogen and oxygen atoms in total. The molecule has 13 heavy (non-hydrogen) atoms. The fraction of sp³-hybridized carbons (Fsp3) is 0.700. The number of carbonyl (C=O) groups is 1. The lowest BCUT2D eigenvalue weighted by Gasteiger charge is -2.02. The third-order valence-corrected chi connectivity index (χ3v) is 1.59. The van der Waals surface area contributed by atoms with Crippen LogP contribution in [0.2, 0.25) is 0 Å². The summed E-state index contributed by atoms with van der Waals surface area (Å²) in [6.45, 7) is 4.18. The van der Waals surface area contributed by atoms with Gasteiger partial charge in [0.15, 0.2) is 0 Å². The van der Waals surface area contributed by atoms with Crippen molar-refractivity contribution in [2.24, 2.45) is 0 Å². The van der Waals surface area contributed by atoms with Crippen molar-refractivity contribution >= 4 is 5.97 Å². The van der Waals surface area contributed by atoms with Crippen LogP contribution in [0.4, 0.5) is 0 Å². The monoisotopic (exact) mass is 186 g/mol. The second-order valence-electron chi connectivity index (χ2n) is 2.82. The highest BCUT2D eigenvalue weighted by Gasteiger charge is 1.99. The first-order chi connectivity index (χ1) is 6.20. The zero-order valence-corrected chi connectivity index (χ0v) is 8.32. The Bertz CT molecular complexity index is 164.